The van der Waals surface area contributed by atoms with E-state index in [1.807, 2.05) is 30.3 Å². The summed E-state index contributed by atoms with van der Waals surface area (Å²) in [5.41, 5.74) is 1.25. The molecule has 4 rings (SSSR count). The van der Waals surface area contributed by atoms with Gasteiger partial charge in [0.1, 0.15) is 0 Å². The second-order valence-electron chi connectivity index (χ2n) is 4.13. The van der Waals surface area contributed by atoms with Crippen molar-refractivity contribution in [1.82, 2.24) is 19.6 Å². The number of aromatic amines is 1. The van der Waals surface area contributed by atoms with E-state index in [9.17, 15) is 4.79 Å². The third-order valence-electron chi connectivity index (χ3n) is 3.17. The molecule has 5 nitrogen and oxygen atoms in total. The van der Waals surface area contributed by atoms with Crippen LogP contribution >= 0.6 is 0 Å². The molecular weight excluding hydrogens is 228 g/mol. The zero-order valence-corrected chi connectivity index (χ0v) is 9.29. The maximum atomic E-state index is 11.9. The number of pyridine rings is 2. The smallest absolute Gasteiger partial charge is 0.264 e. The summed E-state index contributed by atoms with van der Waals surface area (Å²) < 4.78 is 1.59. The molecule has 0 spiro atoms. The van der Waals surface area contributed by atoms with Crippen LogP contribution in [0.15, 0.2) is 47.5 Å². The molecule has 0 atom stereocenters. The van der Waals surface area contributed by atoms with Crippen molar-refractivity contribution in [2.24, 2.45) is 0 Å². The largest absolute Gasteiger partial charge is 0.348 e. The average molecular weight is 236 g/mol. The zero-order valence-electron chi connectivity index (χ0n) is 9.29. The Morgan fingerprint density at radius 2 is 1.94 bits per heavy atom. The molecule has 0 fully saturated rings. The van der Waals surface area contributed by atoms with Crippen LogP contribution in [0.1, 0.15) is 0 Å². The number of rotatable bonds is 0. The summed E-state index contributed by atoms with van der Waals surface area (Å²) in [5, 5.41) is 9.51. The summed E-state index contributed by atoms with van der Waals surface area (Å²) in [6.45, 7) is 0. The van der Waals surface area contributed by atoms with Crippen molar-refractivity contribution in [1.29, 1.82) is 0 Å². The molecule has 18 heavy (non-hydrogen) atoms. The van der Waals surface area contributed by atoms with Gasteiger partial charge in [0.2, 0.25) is 0 Å². The molecule has 0 unspecified atom stereocenters. The SMILES string of the molecule is O=c1[nH]nc2c3ccncc3c3ccccc3n12. The molecule has 0 aliphatic rings. The van der Waals surface area contributed by atoms with Crippen LogP contribution < -0.4 is 5.69 Å². The summed E-state index contributed by atoms with van der Waals surface area (Å²) in [6, 6.07) is 9.62. The van der Waals surface area contributed by atoms with Gasteiger partial charge in [-0.3, -0.25) is 4.98 Å². The van der Waals surface area contributed by atoms with Crippen molar-refractivity contribution < 1.29 is 0 Å². The van der Waals surface area contributed by atoms with Crippen LogP contribution in [0.25, 0.3) is 27.3 Å². The van der Waals surface area contributed by atoms with Crippen molar-refractivity contribution in [3.05, 3.63) is 53.2 Å². The van der Waals surface area contributed by atoms with Crippen molar-refractivity contribution in [2.75, 3.05) is 0 Å². The van der Waals surface area contributed by atoms with Crippen molar-refractivity contribution in [2.45, 2.75) is 0 Å². The van der Waals surface area contributed by atoms with E-state index < -0.39 is 0 Å². The van der Waals surface area contributed by atoms with Gasteiger partial charge in [-0.05, 0) is 12.1 Å². The molecule has 0 radical (unpaired) electrons. The molecule has 0 bridgehead atoms. The van der Waals surface area contributed by atoms with E-state index in [1.54, 1.807) is 16.8 Å². The maximum Gasteiger partial charge on any atom is 0.348 e. The molecule has 86 valence electrons. The molecule has 5 heteroatoms. The van der Waals surface area contributed by atoms with Crippen molar-refractivity contribution >= 4 is 27.3 Å². The van der Waals surface area contributed by atoms with Crippen LogP contribution in [0.5, 0.6) is 0 Å². The topological polar surface area (TPSA) is 63.0 Å². The van der Waals surface area contributed by atoms with Gasteiger partial charge >= 0.3 is 5.69 Å². The molecule has 0 amide bonds. The molecule has 3 aromatic heterocycles. The van der Waals surface area contributed by atoms with Crippen LogP contribution in [0.3, 0.4) is 0 Å². The molecule has 0 saturated heterocycles. The number of hydrogen-bond acceptors (Lipinski definition) is 3. The summed E-state index contributed by atoms with van der Waals surface area (Å²) in [6.07, 6.45) is 3.51. The van der Waals surface area contributed by atoms with Crippen LogP contribution in [-0.2, 0) is 0 Å². The van der Waals surface area contributed by atoms with E-state index in [-0.39, 0.29) is 5.69 Å². The summed E-state index contributed by atoms with van der Waals surface area (Å²) in [7, 11) is 0. The lowest BCUT2D eigenvalue weighted by atomic mass is 10.1. The highest BCUT2D eigenvalue weighted by atomic mass is 16.1. The van der Waals surface area contributed by atoms with E-state index in [0.29, 0.717) is 5.65 Å². The van der Waals surface area contributed by atoms with E-state index in [1.165, 1.54) is 0 Å². The Morgan fingerprint density at radius 1 is 1.06 bits per heavy atom. The lowest BCUT2D eigenvalue weighted by molar-refractivity contribution is 1.04. The average Bonchev–Trinajstić information content (AvgIpc) is 2.82. The lowest BCUT2D eigenvalue weighted by Gasteiger charge is -2.05. The van der Waals surface area contributed by atoms with Crippen LogP contribution in [0, 0.1) is 0 Å². The number of benzene rings is 1. The molecule has 4 aromatic rings. The Balaban J connectivity index is 2.52. The molecule has 3 heterocycles. The molecule has 0 saturated carbocycles. The van der Waals surface area contributed by atoms with Gasteiger partial charge in [0.15, 0.2) is 5.65 Å². The number of aromatic nitrogens is 4. The highest BCUT2D eigenvalue weighted by molar-refractivity contribution is 6.10. The van der Waals surface area contributed by atoms with Gasteiger partial charge in [-0.15, -0.1) is 0 Å². The predicted molar refractivity (Wildman–Crippen MR) is 68.6 cm³/mol. The van der Waals surface area contributed by atoms with E-state index in [0.717, 1.165) is 21.7 Å². The van der Waals surface area contributed by atoms with Gasteiger partial charge in [0.25, 0.3) is 0 Å². The minimum Gasteiger partial charge on any atom is -0.264 e. The lowest BCUT2D eigenvalue weighted by Crippen LogP contribution is -2.10. The number of nitrogens with one attached hydrogen (secondary N) is 1. The third-order valence-corrected chi connectivity index (χ3v) is 3.17. The monoisotopic (exact) mass is 236 g/mol. The molecule has 1 N–H and O–H groups in total. The fourth-order valence-corrected chi connectivity index (χ4v) is 2.40. The predicted octanol–water partition coefficient (Wildman–Crippen LogP) is 1.72. The van der Waals surface area contributed by atoms with Gasteiger partial charge < -0.3 is 0 Å². The fourth-order valence-electron chi connectivity index (χ4n) is 2.40. The number of hydrogen-bond donors (Lipinski definition) is 1. The molecule has 0 aliphatic heterocycles. The second kappa shape index (κ2) is 3.16. The van der Waals surface area contributed by atoms with Crippen LogP contribution in [0.4, 0.5) is 0 Å². The molecule has 1 aromatic carbocycles. The van der Waals surface area contributed by atoms with Crippen molar-refractivity contribution in [3.63, 3.8) is 0 Å². The van der Waals surface area contributed by atoms with Crippen molar-refractivity contribution in [3.8, 4) is 0 Å². The zero-order chi connectivity index (χ0) is 12.1. The van der Waals surface area contributed by atoms with Gasteiger partial charge in [0.05, 0.1) is 5.52 Å². The van der Waals surface area contributed by atoms with Gasteiger partial charge in [-0.1, -0.05) is 18.2 Å². The minimum absolute atomic E-state index is 0.222. The van der Waals surface area contributed by atoms with E-state index in [4.69, 9.17) is 0 Å². The summed E-state index contributed by atoms with van der Waals surface area (Å²) in [5.74, 6) is 0. The first kappa shape index (κ1) is 9.35. The first-order valence-electron chi connectivity index (χ1n) is 5.58. The number of H-pyrrole nitrogens is 1. The fraction of sp³-hybridized carbons (Fsp3) is 0. The first-order valence-corrected chi connectivity index (χ1v) is 5.58. The Bertz CT molecular complexity index is 951. The maximum absolute atomic E-state index is 11.9. The van der Waals surface area contributed by atoms with E-state index >= 15 is 0 Å². The Kier molecular flexibility index (Phi) is 1.64. The van der Waals surface area contributed by atoms with E-state index in [2.05, 4.69) is 15.2 Å². The Labute approximate surface area is 101 Å². The first-order chi connectivity index (χ1) is 8.86. The third kappa shape index (κ3) is 1.03. The summed E-state index contributed by atoms with van der Waals surface area (Å²) in [4.78, 5) is 16.0. The Hall–Kier alpha value is -2.69. The standard InChI is InChI=1S/C13H8N4O/c18-13-16-15-12-9-5-6-14-7-10(9)8-3-1-2-4-11(8)17(12)13/h1-7H,(H,16,18). The number of para-hydroxylation sites is 1. The number of fused-ring (bicyclic) bond motifs is 6. The number of nitrogens with zero attached hydrogens (tertiary/aromatic N) is 3. The van der Waals surface area contributed by atoms with Gasteiger partial charge in [0, 0.05) is 28.6 Å². The van der Waals surface area contributed by atoms with Gasteiger partial charge in [-0.25, -0.2) is 14.3 Å². The molecular formula is C13H8N4O. The summed E-state index contributed by atoms with van der Waals surface area (Å²) >= 11 is 0. The molecule has 0 aliphatic carbocycles. The van der Waals surface area contributed by atoms with Crippen LogP contribution in [0.2, 0.25) is 0 Å². The highest BCUT2D eigenvalue weighted by Crippen LogP contribution is 2.26. The van der Waals surface area contributed by atoms with Crippen LogP contribution in [-0.4, -0.2) is 19.6 Å². The second-order valence-corrected chi connectivity index (χ2v) is 4.13. The minimum atomic E-state index is -0.222. The quantitative estimate of drug-likeness (QED) is 0.473. The normalized spacial score (nSPS) is 11.6. The van der Waals surface area contributed by atoms with Gasteiger partial charge in [-0.2, -0.15) is 5.10 Å². The highest BCUT2D eigenvalue weighted by Gasteiger charge is 2.11. The Morgan fingerprint density at radius 3 is 2.89 bits per heavy atom.